The minimum Gasteiger partial charge on any atom is -0.336 e. The highest BCUT2D eigenvalue weighted by atomic mass is 32.2. The molecule has 206 valence electrons. The average Bonchev–Trinajstić information content (AvgIpc) is 3.55. The molecular weight excluding hydrogens is 552 g/mol. The summed E-state index contributed by atoms with van der Waals surface area (Å²) in [6.45, 7) is 0. The van der Waals surface area contributed by atoms with Gasteiger partial charge in [-0.2, -0.15) is 31.6 Å². The Hall–Kier alpha value is -3.32. The number of amides is 1. The van der Waals surface area contributed by atoms with Crippen molar-refractivity contribution in [3.63, 3.8) is 0 Å². The zero-order valence-corrected chi connectivity index (χ0v) is 19.8. The van der Waals surface area contributed by atoms with Gasteiger partial charge in [0.2, 0.25) is 5.91 Å². The average molecular weight is 570 g/mol. The Labute approximate surface area is 210 Å². The molecule has 0 unspecified atom stereocenters. The second kappa shape index (κ2) is 10.4. The number of sulfone groups is 1. The highest BCUT2D eigenvalue weighted by molar-refractivity contribution is 7.90. The van der Waals surface area contributed by atoms with Crippen LogP contribution < -0.4 is 10.6 Å². The molecule has 1 aliphatic rings. The van der Waals surface area contributed by atoms with E-state index in [4.69, 9.17) is 0 Å². The fourth-order valence-electron chi connectivity index (χ4n) is 3.58. The van der Waals surface area contributed by atoms with E-state index in [9.17, 15) is 53.6 Å². The lowest BCUT2D eigenvalue weighted by Gasteiger charge is -2.28. The van der Waals surface area contributed by atoms with Gasteiger partial charge in [0.15, 0.2) is 9.84 Å². The number of aromatic nitrogens is 1. The predicted molar refractivity (Wildman–Crippen MR) is 115 cm³/mol. The number of alkyl halides is 6. The van der Waals surface area contributed by atoms with Gasteiger partial charge in [0.05, 0.1) is 23.1 Å². The Morgan fingerprint density at radius 2 is 1.79 bits per heavy atom. The van der Waals surface area contributed by atoms with Gasteiger partial charge in [0, 0.05) is 24.0 Å². The molecule has 2 aromatic rings. The molecule has 1 heterocycles. The summed E-state index contributed by atoms with van der Waals surface area (Å²) < 4.78 is 135. The summed E-state index contributed by atoms with van der Waals surface area (Å²) in [5.74, 6) is -7.03. The summed E-state index contributed by atoms with van der Waals surface area (Å²) in [6, 6.07) is -1.97. The predicted octanol–water partition coefficient (Wildman–Crippen LogP) is 3.73. The minimum atomic E-state index is -5.33. The van der Waals surface area contributed by atoms with Crippen LogP contribution in [0.3, 0.4) is 0 Å². The summed E-state index contributed by atoms with van der Waals surface area (Å²) in [5, 5.41) is 13.0. The van der Waals surface area contributed by atoms with Crippen LogP contribution in [0.1, 0.15) is 35.6 Å². The summed E-state index contributed by atoms with van der Waals surface area (Å²) >= 11 is 0. The summed E-state index contributed by atoms with van der Waals surface area (Å²) in [7, 11) is -4.76. The van der Waals surface area contributed by atoms with Crippen molar-refractivity contribution >= 4 is 15.7 Å². The largest absolute Gasteiger partial charge is 0.416 e. The Kier molecular flexibility index (Phi) is 8.04. The fourth-order valence-corrected chi connectivity index (χ4v) is 5.16. The third kappa shape index (κ3) is 7.16. The van der Waals surface area contributed by atoms with Crippen molar-refractivity contribution in [2.75, 3.05) is 5.75 Å². The lowest BCUT2D eigenvalue weighted by molar-refractivity contribution is -0.161. The van der Waals surface area contributed by atoms with Crippen LogP contribution in [0.25, 0.3) is 0 Å². The summed E-state index contributed by atoms with van der Waals surface area (Å²) in [6.07, 6.45) is -8.69. The van der Waals surface area contributed by atoms with Crippen LogP contribution in [0.5, 0.6) is 0 Å². The molecule has 0 spiro atoms. The number of hydrogen-bond donors (Lipinski definition) is 2. The number of carbonyl (C=O) groups is 1. The molecule has 1 aliphatic carbocycles. The van der Waals surface area contributed by atoms with Crippen LogP contribution in [-0.2, 0) is 26.6 Å². The second-order valence-electron chi connectivity index (χ2n) is 8.63. The molecule has 38 heavy (non-hydrogen) atoms. The topological polar surface area (TPSA) is 112 Å². The standard InChI is InChI=1S/C22H18F8N4O3S/c23-13-1-2-14(16(24)7-13)18(22(28,29)30)33-17(19(35)34-20(11-31)4-5-20)10-38(36,37)9-12-8-32-6-3-15(12)21(25,26)27/h1-3,6-8,17-18,33H,4-5,9-10H2,(H,34,35)/t17-,18-/m0/s1. The molecule has 7 nitrogen and oxygen atoms in total. The first-order valence-corrected chi connectivity index (χ1v) is 12.5. The first-order chi connectivity index (χ1) is 17.5. The first kappa shape index (κ1) is 29.2. The molecule has 16 heteroatoms. The number of pyridine rings is 1. The monoisotopic (exact) mass is 570 g/mol. The van der Waals surface area contributed by atoms with Crippen LogP contribution in [0.2, 0.25) is 0 Å². The number of carbonyl (C=O) groups excluding carboxylic acids is 1. The normalized spacial score (nSPS) is 16.8. The number of nitrogens with zero attached hydrogens (tertiary/aromatic N) is 2. The van der Waals surface area contributed by atoms with Crippen molar-refractivity contribution in [1.82, 2.24) is 15.6 Å². The second-order valence-corrected chi connectivity index (χ2v) is 10.7. The van der Waals surface area contributed by atoms with Crippen LogP contribution in [-0.4, -0.2) is 42.8 Å². The molecular formula is C22H18F8N4O3S. The number of halogens is 8. The number of rotatable bonds is 9. The van der Waals surface area contributed by atoms with Gasteiger partial charge >= 0.3 is 12.4 Å². The molecule has 0 radical (unpaired) electrons. The van der Waals surface area contributed by atoms with Gasteiger partial charge in [-0.25, -0.2) is 17.2 Å². The summed E-state index contributed by atoms with van der Waals surface area (Å²) in [4.78, 5) is 16.3. The maximum Gasteiger partial charge on any atom is 0.416 e. The molecule has 1 saturated carbocycles. The van der Waals surface area contributed by atoms with Crippen molar-refractivity contribution in [1.29, 1.82) is 5.26 Å². The van der Waals surface area contributed by atoms with E-state index in [0.29, 0.717) is 24.4 Å². The van der Waals surface area contributed by atoms with Crippen LogP contribution in [0.4, 0.5) is 35.1 Å². The molecule has 2 atom stereocenters. The minimum absolute atomic E-state index is 0.120. The van der Waals surface area contributed by atoms with Gasteiger partial charge < -0.3 is 5.32 Å². The summed E-state index contributed by atoms with van der Waals surface area (Å²) in [5.41, 5.74) is -4.79. The van der Waals surface area contributed by atoms with Crippen molar-refractivity contribution in [2.45, 2.75) is 48.6 Å². The van der Waals surface area contributed by atoms with E-state index < -0.39 is 85.6 Å². The third-order valence-electron chi connectivity index (χ3n) is 5.62. The zero-order chi connectivity index (χ0) is 28.5. The van der Waals surface area contributed by atoms with Crippen LogP contribution in [0.15, 0.2) is 36.7 Å². The first-order valence-electron chi connectivity index (χ1n) is 10.7. The quantitative estimate of drug-likeness (QED) is 0.445. The number of benzene rings is 1. The molecule has 1 fully saturated rings. The number of hydrogen-bond acceptors (Lipinski definition) is 6. The van der Waals surface area contributed by atoms with Crippen LogP contribution in [0, 0.1) is 23.0 Å². The molecule has 0 aliphatic heterocycles. The number of nitriles is 1. The van der Waals surface area contributed by atoms with Crippen molar-refractivity contribution in [3.05, 3.63) is 65.0 Å². The lowest BCUT2D eigenvalue weighted by Crippen LogP contribution is -2.54. The Balaban J connectivity index is 1.97. The molecule has 1 aromatic heterocycles. The maximum atomic E-state index is 14.2. The SMILES string of the molecule is N#CC1(NC(=O)[C@H](CS(=O)(=O)Cc2cnccc2C(F)(F)F)N[C@@H](c2ccc(F)cc2F)C(F)(F)F)CC1. The smallest absolute Gasteiger partial charge is 0.336 e. The molecule has 2 N–H and O–H groups in total. The molecule has 0 saturated heterocycles. The van der Waals surface area contributed by atoms with E-state index in [1.807, 2.05) is 0 Å². The molecule has 1 aromatic carbocycles. The molecule has 1 amide bonds. The van der Waals surface area contributed by atoms with E-state index in [-0.39, 0.29) is 18.9 Å². The Morgan fingerprint density at radius 3 is 2.32 bits per heavy atom. The van der Waals surface area contributed by atoms with Crippen LogP contribution >= 0.6 is 0 Å². The lowest BCUT2D eigenvalue weighted by atomic mass is 10.0. The van der Waals surface area contributed by atoms with Gasteiger partial charge in [-0.05, 0) is 30.5 Å². The fraction of sp³-hybridized carbons (Fsp3) is 0.409. The van der Waals surface area contributed by atoms with E-state index >= 15 is 0 Å². The van der Waals surface area contributed by atoms with Crippen molar-refractivity contribution in [3.8, 4) is 6.07 Å². The van der Waals surface area contributed by atoms with Gasteiger partial charge in [-0.1, -0.05) is 6.07 Å². The van der Waals surface area contributed by atoms with Gasteiger partial charge in [0.25, 0.3) is 0 Å². The maximum absolute atomic E-state index is 14.2. The van der Waals surface area contributed by atoms with Crippen molar-refractivity contribution in [2.24, 2.45) is 0 Å². The third-order valence-corrected chi connectivity index (χ3v) is 7.21. The molecule has 0 bridgehead atoms. The van der Waals surface area contributed by atoms with Gasteiger partial charge in [0.1, 0.15) is 29.3 Å². The highest BCUT2D eigenvalue weighted by Gasteiger charge is 2.49. The number of nitrogens with one attached hydrogen (secondary N) is 2. The highest BCUT2D eigenvalue weighted by Crippen LogP contribution is 2.37. The Bertz CT molecular complexity index is 1350. The van der Waals surface area contributed by atoms with Gasteiger partial charge in [-0.3, -0.25) is 15.1 Å². The molecule has 3 rings (SSSR count). The van der Waals surface area contributed by atoms with E-state index in [2.05, 4.69) is 10.3 Å². The van der Waals surface area contributed by atoms with E-state index in [1.54, 1.807) is 11.4 Å². The van der Waals surface area contributed by atoms with Crippen molar-refractivity contribution < 1.29 is 48.3 Å². The Morgan fingerprint density at radius 1 is 1.13 bits per heavy atom. The van der Waals surface area contributed by atoms with E-state index in [1.165, 1.54) is 0 Å². The van der Waals surface area contributed by atoms with Gasteiger partial charge in [-0.15, -0.1) is 0 Å². The van der Waals surface area contributed by atoms with E-state index in [0.717, 1.165) is 6.20 Å². The zero-order valence-electron chi connectivity index (χ0n) is 19.0.